The quantitative estimate of drug-likeness (QED) is 0.225. The summed E-state index contributed by atoms with van der Waals surface area (Å²) in [6, 6.07) is 0. The van der Waals surface area contributed by atoms with Crippen LogP contribution in [0.5, 0.6) is 0 Å². The molecule has 18 heteroatoms. The molecule has 1 aliphatic rings. The lowest BCUT2D eigenvalue weighted by Crippen LogP contribution is -2.62. The largest absolute Gasteiger partial charge is 0.356 e. The van der Waals surface area contributed by atoms with E-state index in [2.05, 4.69) is 12.6 Å². The summed E-state index contributed by atoms with van der Waals surface area (Å²) < 4.78 is 126. The Kier molecular flexibility index (Phi) is 11.7. The fourth-order valence-corrected chi connectivity index (χ4v) is 5.78. The van der Waals surface area contributed by atoms with Crippen LogP contribution in [0.1, 0.15) is 55.4 Å². The molecule has 0 unspecified atom stereocenters. The van der Waals surface area contributed by atoms with Crippen LogP contribution in [0.2, 0.25) is 0 Å². The Labute approximate surface area is 220 Å². The molecule has 0 amide bonds. The van der Waals surface area contributed by atoms with Crippen LogP contribution in [0.15, 0.2) is 0 Å². The molecule has 0 bridgehead atoms. The molecule has 0 radical (unpaired) electrons. The van der Waals surface area contributed by atoms with Gasteiger partial charge in [-0.15, -0.1) is 12.6 Å². The average Bonchev–Trinajstić information content (AvgIpc) is 2.70. The lowest BCUT2D eigenvalue weighted by Gasteiger charge is -2.43. The zero-order chi connectivity index (χ0) is 28.4. The average molecular weight is 621 g/mol. The molecule has 0 N–H and O–H groups in total. The smallest absolute Gasteiger partial charge is 0.270 e. The van der Waals surface area contributed by atoms with Gasteiger partial charge in [0.15, 0.2) is 0 Å². The Morgan fingerprint density at radius 1 is 0.583 bits per heavy atom. The van der Waals surface area contributed by atoms with Crippen molar-refractivity contribution in [1.29, 1.82) is 0 Å². The summed E-state index contributed by atoms with van der Waals surface area (Å²) >= 11 is 4.16. The molecule has 0 saturated carbocycles. The monoisotopic (exact) mass is 620 g/mol. The second kappa shape index (κ2) is 12.4. The van der Waals surface area contributed by atoms with Crippen molar-refractivity contribution in [2.45, 2.75) is 106 Å². The Bertz CT molecular complexity index is 1160. The van der Waals surface area contributed by atoms with E-state index in [1.165, 1.54) is 55.4 Å². The highest BCUT2D eigenvalue weighted by Crippen LogP contribution is 2.34. The molecule has 36 heavy (non-hydrogen) atoms. The minimum Gasteiger partial charge on any atom is -0.356 e. The van der Waals surface area contributed by atoms with Crippen molar-refractivity contribution in [1.82, 2.24) is 0 Å². The molecule has 0 spiro atoms. The van der Waals surface area contributed by atoms with Gasteiger partial charge in [0.1, 0.15) is 29.9 Å². The SMILES string of the molecule is CC(C)S(=O)(=O)OC[C@H]1O[C@@H](S)[C@H](OS(=O)(=O)C(C)C)[C@@H](OS(=O)(=O)C(C)C)[C@@H]1OS(=O)(=O)C(C)C. The van der Waals surface area contributed by atoms with Gasteiger partial charge in [0.2, 0.25) is 0 Å². The molecule has 1 aliphatic heterocycles. The van der Waals surface area contributed by atoms with E-state index in [-0.39, 0.29) is 0 Å². The van der Waals surface area contributed by atoms with Crippen LogP contribution in [0, 0.1) is 0 Å². The molecule has 1 fully saturated rings. The van der Waals surface area contributed by atoms with Crippen molar-refractivity contribution in [3.8, 4) is 0 Å². The summed E-state index contributed by atoms with van der Waals surface area (Å²) in [4.78, 5) is 0. The van der Waals surface area contributed by atoms with Gasteiger partial charge in [0.05, 0.1) is 27.6 Å². The molecular formula is C18H36O13S5. The topological polar surface area (TPSA) is 183 Å². The number of ether oxygens (including phenoxy) is 1. The molecule has 0 aromatic rings. The van der Waals surface area contributed by atoms with E-state index >= 15 is 0 Å². The maximum atomic E-state index is 12.7. The third-order valence-corrected chi connectivity index (χ3v) is 12.0. The predicted molar refractivity (Wildman–Crippen MR) is 134 cm³/mol. The van der Waals surface area contributed by atoms with E-state index in [4.69, 9.17) is 21.5 Å². The summed E-state index contributed by atoms with van der Waals surface area (Å²) in [6.45, 7) is 9.63. The van der Waals surface area contributed by atoms with Gasteiger partial charge in [-0.05, 0) is 55.4 Å². The Morgan fingerprint density at radius 3 is 1.28 bits per heavy atom. The fraction of sp³-hybridized carbons (Fsp3) is 1.00. The Hall–Kier alpha value is -0.0500. The summed E-state index contributed by atoms with van der Waals surface area (Å²) in [6.07, 6.45) is -7.17. The highest BCUT2D eigenvalue weighted by Gasteiger charge is 2.53. The van der Waals surface area contributed by atoms with Gasteiger partial charge in [0.25, 0.3) is 40.5 Å². The molecule has 1 rings (SSSR count). The van der Waals surface area contributed by atoms with E-state index in [1.807, 2.05) is 0 Å². The number of rotatable bonds is 13. The van der Waals surface area contributed by atoms with Crippen molar-refractivity contribution in [2.24, 2.45) is 0 Å². The predicted octanol–water partition coefficient (Wildman–Crippen LogP) is 0.766. The zero-order valence-electron chi connectivity index (χ0n) is 21.3. The minimum absolute atomic E-state index is 0.804. The number of hydrogen-bond acceptors (Lipinski definition) is 14. The van der Waals surface area contributed by atoms with Gasteiger partial charge < -0.3 is 4.74 Å². The normalized spacial score (nSPS) is 26.9. The van der Waals surface area contributed by atoms with Crippen molar-refractivity contribution < 1.29 is 55.1 Å². The molecule has 5 atom stereocenters. The number of hydrogen-bond donors (Lipinski definition) is 1. The molecular weight excluding hydrogens is 585 g/mol. The first-order valence-electron chi connectivity index (χ1n) is 11.0. The van der Waals surface area contributed by atoms with E-state index < -0.39 is 97.9 Å². The molecule has 1 heterocycles. The Balaban J connectivity index is 3.67. The van der Waals surface area contributed by atoms with E-state index in [1.54, 1.807) is 0 Å². The van der Waals surface area contributed by atoms with Crippen LogP contribution in [0.25, 0.3) is 0 Å². The standard InChI is InChI=1S/C18H36O13S5/c1-10(2)33(19,20)27-9-14-15(29-34(21,22)11(3)4)16(30-35(23,24)12(5)6)17(18(32)28-14)31-36(25,26)13(7)8/h10-18,32H,9H2,1-8H3/t14-,15-,16+,17-,18+/m1/s1. The first-order valence-corrected chi connectivity index (χ1v) is 17.4. The maximum Gasteiger partial charge on any atom is 0.270 e. The van der Waals surface area contributed by atoms with Crippen LogP contribution in [-0.2, 0) is 61.9 Å². The zero-order valence-corrected chi connectivity index (χ0v) is 25.5. The van der Waals surface area contributed by atoms with Gasteiger partial charge in [-0.2, -0.15) is 33.7 Å². The summed E-state index contributed by atoms with van der Waals surface area (Å²) in [5, 5.41) is -4.28. The van der Waals surface area contributed by atoms with E-state index in [0.29, 0.717) is 0 Å². The second-order valence-electron chi connectivity index (χ2n) is 9.20. The van der Waals surface area contributed by atoms with Crippen molar-refractivity contribution in [3.63, 3.8) is 0 Å². The summed E-state index contributed by atoms with van der Waals surface area (Å²) in [5.41, 5.74) is -1.51. The van der Waals surface area contributed by atoms with Gasteiger partial charge in [0, 0.05) is 0 Å². The highest BCUT2D eigenvalue weighted by molar-refractivity contribution is 7.88. The molecule has 0 aromatic carbocycles. The molecule has 0 aromatic heterocycles. The van der Waals surface area contributed by atoms with Crippen molar-refractivity contribution in [3.05, 3.63) is 0 Å². The molecule has 0 aliphatic carbocycles. The van der Waals surface area contributed by atoms with Gasteiger partial charge >= 0.3 is 0 Å². The van der Waals surface area contributed by atoms with Crippen molar-refractivity contribution >= 4 is 53.1 Å². The molecule has 216 valence electrons. The van der Waals surface area contributed by atoms with Gasteiger partial charge in [-0.3, -0.25) is 16.7 Å². The van der Waals surface area contributed by atoms with Crippen LogP contribution in [-0.4, -0.2) is 91.1 Å². The lowest BCUT2D eigenvalue weighted by molar-refractivity contribution is -0.178. The van der Waals surface area contributed by atoms with Crippen LogP contribution in [0.4, 0.5) is 0 Å². The first-order chi connectivity index (χ1) is 16.0. The maximum absolute atomic E-state index is 12.7. The third-order valence-electron chi connectivity index (χ3n) is 5.05. The van der Waals surface area contributed by atoms with Gasteiger partial charge in [-0.1, -0.05) is 0 Å². The third kappa shape index (κ3) is 8.74. The summed E-state index contributed by atoms with van der Waals surface area (Å²) in [5.74, 6) is 0. The van der Waals surface area contributed by atoms with Crippen LogP contribution < -0.4 is 0 Å². The Morgan fingerprint density at radius 2 is 0.917 bits per heavy atom. The molecule has 1 saturated heterocycles. The van der Waals surface area contributed by atoms with Crippen molar-refractivity contribution in [2.75, 3.05) is 6.61 Å². The highest BCUT2D eigenvalue weighted by atomic mass is 32.2. The lowest BCUT2D eigenvalue weighted by atomic mass is 10.0. The van der Waals surface area contributed by atoms with E-state index in [0.717, 1.165) is 0 Å². The van der Waals surface area contributed by atoms with E-state index in [9.17, 15) is 33.7 Å². The summed E-state index contributed by atoms with van der Waals surface area (Å²) in [7, 11) is -17.3. The second-order valence-corrected chi connectivity index (χ2v) is 18.2. The number of thiol groups is 1. The van der Waals surface area contributed by atoms with Crippen LogP contribution >= 0.6 is 12.6 Å². The fourth-order valence-electron chi connectivity index (χ4n) is 2.45. The minimum atomic E-state index is -4.42. The first kappa shape index (κ1) is 34.0. The van der Waals surface area contributed by atoms with Gasteiger partial charge in [-0.25, -0.2) is 0 Å². The molecule has 13 nitrogen and oxygen atoms in total. The van der Waals surface area contributed by atoms with Crippen LogP contribution in [0.3, 0.4) is 0 Å².